The van der Waals surface area contributed by atoms with Crippen LogP contribution < -0.4 is 21.6 Å². The SMILES string of the molecule is CCCCCN1NC(=Cc2ccc(OC)cc2)C(N)=C1N. The van der Waals surface area contributed by atoms with Crippen molar-refractivity contribution in [3.63, 3.8) is 0 Å². The maximum absolute atomic E-state index is 6.08. The lowest BCUT2D eigenvalue weighted by molar-refractivity contribution is 0.288. The van der Waals surface area contributed by atoms with E-state index in [2.05, 4.69) is 12.3 Å². The van der Waals surface area contributed by atoms with E-state index in [-0.39, 0.29) is 0 Å². The van der Waals surface area contributed by atoms with Crippen LogP contribution >= 0.6 is 0 Å². The number of benzene rings is 1. The predicted molar refractivity (Wildman–Crippen MR) is 85.7 cm³/mol. The van der Waals surface area contributed by atoms with E-state index in [0.29, 0.717) is 11.5 Å². The molecular formula is C16H24N4O. The Kier molecular flexibility index (Phi) is 4.98. The lowest BCUT2D eigenvalue weighted by Crippen LogP contribution is -2.34. The van der Waals surface area contributed by atoms with Gasteiger partial charge in [-0.05, 0) is 30.2 Å². The van der Waals surface area contributed by atoms with Crippen molar-refractivity contribution in [3.8, 4) is 5.75 Å². The topological polar surface area (TPSA) is 76.5 Å². The molecule has 1 aromatic rings. The van der Waals surface area contributed by atoms with Crippen LogP contribution in [0, 0.1) is 0 Å². The number of unbranched alkanes of at least 4 members (excludes halogenated alkanes) is 2. The second kappa shape index (κ2) is 6.92. The standard InChI is InChI=1S/C16H24N4O/c1-3-4-5-10-20-16(18)15(17)14(19-20)11-12-6-8-13(21-2)9-7-12/h6-9,11,19H,3-5,10,17-18H2,1-2H3. The smallest absolute Gasteiger partial charge is 0.143 e. The summed E-state index contributed by atoms with van der Waals surface area (Å²) in [7, 11) is 1.65. The van der Waals surface area contributed by atoms with E-state index in [1.54, 1.807) is 7.11 Å². The molecular weight excluding hydrogens is 264 g/mol. The highest BCUT2D eigenvalue weighted by molar-refractivity contribution is 5.59. The average molecular weight is 288 g/mol. The van der Waals surface area contributed by atoms with E-state index in [0.717, 1.165) is 30.0 Å². The number of nitrogens with two attached hydrogens (primary N) is 2. The molecule has 0 unspecified atom stereocenters. The Bertz CT molecular complexity index is 534. The van der Waals surface area contributed by atoms with Crippen molar-refractivity contribution in [1.82, 2.24) is 10.4 Å². The first-order valence-corrected chi connectivity index (χ1v) is 7.31. The summed E-state index contributed by atoms with van der Waals surface area (Å²) in [5.74, 6) is 1.44. The fourth-order valence-corrected chi connectivity index (χ4v) is 2.22. The first kappa shape index (κ1) is 15.1. The summed E-state index contributed by atoms with van der Waals surface area (Å²) in [6, 6.07) is 7.81. The normalized spacial score (nSPS) is 16.5. The molecule has 0 bridgehead atoms. The molecule has 1 heterocycles. The zero-order valence-electron chi connectivity index (χ0n) is 12.7. The molecule has 0 fully saturated rings. The Morgan fingerprint density at radius 1 is 1.19 bits per heavy atom. The van der Waals surface area contributed by atoms with Crippen molar-refractivity contribution in [3.05, 3.63) is 47.0 Å². The third kappa shape index (κ3) is 3.62. The zero-order chi connectivity index (χ0) is 15.2. The summed E-state index contributed by atoms with van der Waals surface area (Å²) in [4.78, 5) is 0. The van der Waals surface area contributed by atoms with E-state index in [9.17, 15) is 0 Å². The number of nitrogens with one attached hydrogen (secondary N) is 1. The van der Waals surface area contributed by atoms with Crippen LogP contribution in [-0.2, 0) is 0 Å². The fourth-order valence-electron chi connectivity index (χ4n) is 2.22. The van der Waals surface area contributed by atoms with E-state index in [1.807, 2.05) is 35.4 Å². The Hall–Kier alpha value is -2.30. The zero-order valence-corrected chi connectivity index (χ0v) is 12.7. The van der Waals surface area contributed by atoms with Crippen LogP contribution in [0.15, 0.2) is 41.5 Å². The molecule has 0 amide bonds. The van der Waals surface area contributed by atoms with E-state index >= 15 is 0 Å². The summed E-state index contributed by atoms with van der Waals surface area (Å²) < 4.78 is 5.15. The summed E-state index contributed by atoms with van der Waals surface area (Å²) in [6.07, 6.45) is 5.44. The van der Waals surface area contributed by atoms with Gasteiger partial charge in [-0.2, -0.15) is 0 Å². The highest BCUT2D eigenvalue weighted by Crippen LogP contribution is 2.20. The van der Waals surface area contributed by atoms with Crippen molar-refractivity contribution < 1.29 is 4.74 Å². The molecule has 114 valence electrons. The van der Waals surface area contributed by atoms with E-state index in [1.165, 1.54) is 12.8 Å². The molecule has 5 N–H and O–H groups in total. The minimum absolute atomic E-state index is 0.599. The van der Waals surface area contributed by atoms with Gasteiger partial charge in [-0.1, -0.05) is 31.9 Å². The van der Waals surface area contributed by atoms with Crippen LogP contribution in [-0.4, -0.2) is 18.7 Å². The fraction of sp³-hybridized carbons (Fsp3) is 0.375. The molecule has 1 aromatic carbocycles. The Labute approximate surface area is 126 Å². The van der Waals surface area contributed by atoms with Gasteiger partial charge >= 0.3 is 0 Å². The second-order valence-corrected chi connectivity index (χ2v) is 5.10. The molecule has 5 heteroatoms. The van der Waals surface area contributed by atoms with Gasteiger partial charge < -0.3 is 16.2 Å². The first-order chi connectivity index (χ1) is 10.2. The van der Waals surface area contributed by atoms with Gasteiger partial charge in [-0.25, -0.2) is 0 Å². The molecule has 0 aromatic heterocycles. The molecule has 1 aliphatic heterocycles. The second-order valence-electron chi connectivity index (χ2n) is 5.10. The highest BCUT2D eigenvalue weighted by atomic mass is 16.5. The first-order valence-electron chi connectivity index (χ1n) is 7.31. The summed E-state index contributed by atoms with van der Waals surface area (Å²) in [6.45, 7) is 3.04. The van der Waals surface area contributed by atoms with E-state index in [4.69, 9.17) is 16.2 Å². The minimum Gasteiger partial charge on any atom is -0.497 e. The third-order valence-electron chi connectivity index (χ3n) is 3.52. The Morgan fingerprint density at radius 2 is 1.90 bits per heavy atom. The predicted octanol–water partition coefficient (Wildman–Crippen LogP) is 2.13. The third-order valence-corrected chi connectivity index (χ3v) is 3.52. The van der Waals surface area contributed by atoms with Gasteiger partial charge in [0.25, 0.3) is 0 Å². The average Bonchev–Trinajstić information content (AvgIpc) is 2.77. The van der Waals surface area contributed by atoms with Gasteiger partial charge in [0.1, 0.15) is 11.6 Å². The molecule has 0 aliphatic carbocycles. The Morgan fingerprint density at radius 3 is 2.52 bits per heavy atom. The van der Waals surface area contributed by atoms with E-state index < -0.39 is 0 Å². The van der Waals surface area contributed by atoms with Crippen molar-refractivity contribution in [2.45, 2.75) is 26.2 Å². The number of hydrazine groups is 1. The van der Waals surface area contributed by atoms with Crippen LogP contribution in [0.3, 0.4) is 0 Å². The van der Waals surface area contributed by atoms with Gasteiger partial charge in [0.2, 0.25) is 0 Å². The molecule has 0 atom stereocenters. The summed E-state index contributed by atoms with van der Waals surface area (Å²) >= 11 is 0. The van der Waals surface area contributed by atoms with Crippen molar-refractivity contribution in [2.24, 2.45) is 11.5 Å². The maximum Gasteiger partial charge on any atom is 0.143 e. The minimum atomic E-state index is 0.599. The van der Waals surface area contributed by atoms with Gasteiger partial charge in [0.05, 0.1) is 18.5 Å². The number of methoxy groups -OCH3 is 1. The number of nitrogens with zero attached hydrogens (tertiary/aromatic N) is 1. The number of ether oxygens (including phenoxy) is 1. The van der Waals surface area contributed by atoms with Crippen molar-refractivity contribution in [2.75, 3.05) is 13.7 Å². The summed E-state index contributed by atoms with van der Waals surface area (Å²) in [5, 5.41) is 1.92. The van der Waals surface area contributed by atoms with Gasteiger partial charge in [0.15, 0.2) is 0 Å². The number of hydrogen-bond acceptors (Lipinski definition) is 5. The monoisotopic (exact) mass is 288 g/mol. The quantitative estimate of drug-likeness (QED) is 0.699. The van der Waals surface area contributed by atoms with Crippen LogP contribution in [0.2, 0.25) is 0 Å². The molecule has 5 nitrogen and oxygen atoms in total. The van der Waals surface area contributed by atoms with Crippen LogP contribution in [0.1, 0.15) is 31.7 Å². The maximum atomic E-state index is 6.08. The molecule has 21 heavy (non-hydrogen) atoms. The number of hydrogen-bond donors (Lipinski definition) is 3. The number of rotatable bonds is 6. The van der Waals surface area contributed by atoms with Crippen LogP contribution in [0.5, 0.6) is 5.75 Å². The molecule has 0 saturated heterocycles. The highest BCUT2D eigenvalue weighted by Gasteiger charge is 2.21. The molecule has 0 spiro atoms. The molecule has 1 aliphatic rings. The Balaban J connectivity index is 2.08. The molecule has 0 saturated carbocycles. The summed E-state index contributed by atoms with van der Waals surface area (Å²) in [5.41, 5.74) is 17.9. The van der Waals surface area contributed by atoms with Crippen molar-refractivity contribution in [1.29, 1.82) is 0 Å². The largest absolute Gasteiger partial charge is 0.497 e. The lowest BCUT2D eigenvalue weighted by atomic mass is 10.1. The van der Waals surface area contributed by atoms with Crippen molar-refractivity contribution >= 4 is 6.08 Å². The van der Waals surface area contributed by atoms with Gasteiger partial charge in [-0.3, -0.25) is 10.4 Å². The van der Waals surface area contributed by atoms with Gasteiger partial charge in [-0.15, -0.1) is 0 Å². The molecule has 2 rings (SSSR count). The lowest BCUT2D eigenvalue weighted by Gasteiger charge is -2.19. The van der Waals surface area contributed by atoms with Crippen LogP contribution in [0.4, 0.5) is 0 Å². The molecule has 0 radical (unpaired) electrons. The van der Waals surface area contributed by atoms with Crippen LogP contribution in [0.25, 0.3) is 6.08 Å². The van der Waals surface area contributed by atoms with Gasteiger partial charge in [0, 0.05) is 6.54 Å².